The number of aryl methyl sites for hydroxylation is 2. The smallest absolute Gasteiger partial charge is 0.238 e. The lowest BCUT2D eigenvalue weighted by atomic mass is 9.94. The van der Waals surface area contributed by atoms with Crippen LogP contribution < -0.4 is 9.64 Å². The van der Waals surface area contributed by atoms with Gasteiger partial charge in [0.05, 0.1) is 12.7 Å². The van der Waals surface area contributed by atoms with Crippen LogP contribution in [-0.2, 0) is 16.6 Å². The van der Waals surface area contributed by atoms with Crippen LogP contribution >= 0.6 is 0 Å². The fourth-order valence-corrected chi connectivity index (χ4v) is 2.58. The molecule has 3 rings (SSSR count). The lowest BCUT2D eigenvalue weighted by molar-refractivity contribution is -0.118. The van der Waals surface area contributed by atoms with Crippen molar-refractivity contribution in [2.75, 3.05) is 18.1 Å². The second kappa shape index (κ2) is 6.26. The zero-order valence-corrected chi connectivity index (χ0v) is 14.6. The van der Waals surface area contributed by atoms with Gasteiger partial charge in [-0.3, -0.25) is 4.79 Å². The molecule has 0 aliphatic carbocycles. The number of ether oxygens (including phenoxy) is 1. The fourth-order valence-electron chi connectivity index (χ4n) is 2.58. The first-order valence-corrected chi connectivity index (χ1v) is 8.19. The molecule has 0 radical (unpaired) electrons. The van der Waals surface area contributed by atoms with Gasteiger partial charge < -0.3 is 14.1 Å². The summed E-state index contributed by atoms with van der Waals surface area (Å²) >= 11 is 0. The maximum atomic E-state index is 12.6. The van der Waals surface area contributed by atoms with Crippen LogP contribution in [0.25, 0.3) is 0 Å². The maximum absolute atomic E-state index is 12.6. The van der Waals surface area contributed by atoms with E-state index < -0.39 is 0 Å². The van der Waals surface area contributed by atoms with Crippen LogP contribution in [0.3, 0.4) is 0 Å². The summed E-state index contributed by atoms with van der Waals surface area (Å²) in [5.74, 6) is 1.99. The van der Waals surface area contributed by atoms with Gasteiger partial charge in [-0.05, 0) is 18.6 Å². The summed E-state index contributed by atoms with van der Waals surface area (Å²) in [6.45, 7) is 9.16. The number of nitrogens with zero attached hydrogens (tertiary/aromatic N) is 3. The molecule has 1 aliphatic rings. The van der Waals surface area contributed by atoms with Gasteiger partial charge >= 0.3 is 0 Å². The van der Waals surface area contributed by atoms with Crippen LogP contribution in [0.15, 0.2) is 22.9 Å². The van der Waals surface area contributed by atoms with Crippen molar-refractivity contribution in [1.29, 1.82) is 0 Å². The van der Waals surface area contributed by atoms with E-state index in [4.69, 9.17) is 9.15 Å². The summed E-state index contributed by atoms with van der Waals surface area (Å²) in [6.07, 6.45) is 4.32. The van der Waals surface area contributed by atoms with Crippen LogP contribution in [0.4, 0.5) is 5.69 Å². The van der Waals surface area contributed by atoms with Gasteiger partial charge in [0.15, 0.2) is 5.89 Å². The van der Waals surface area contributed by atoms with E-state index in [1.807, 2.05) is 13.0 Å². The van der Waals surface area contributed by atoms with Gasteiger partial charge in [0.1, 0.15) is 18.1 Å². The van der Waals surface area contributed by atoms with Crippen molar-refractivity contribution in [2.24, 2.45) is 0 Å². The Morgan fingerprint density at radius 3 is 2.79 bits per heavy atom. The number of anilines is 1. The van der Waals surface area contributed by atoms with E-state index in [-0.39, 0.29) is 11.3 Å². The molecule has 0 atom stereocenters. The summed E-state index contributed by atoms with van der Waals surface area (Å²) in [6, 6.07) is 1.93. The quantitative estimate of drug-likeness (QED) is 0.866. The van der Waals surface area contributed by atoms with Crippen molar-refractivity contribution in [3.8, 4) is 5.88 Å². The number of carbonyl (C=O) groups is 1. The minimum absolute atomic E-state index is 0.0301. The third-order valence-electron chi connectivity index (χ3n) is 3.96. The zero-order chi connectivity index (χ0) is 17.3. The molecular formula is C18H23N3O3. The summed E-state index contributed by atoms with van der Waals surface area (Å²) in [4.78, 5) is 22.9. The molecule has 0 saturated heterocycles. The Morgan fingerprint density at radius 2 is 2.08 bits per heavy atom. The molecule has 2 aromatic heterocycles. The van der Waals surface area contributed by atoms with Crippen molar-refractivity contribution in [3.05, 3.63) is 35.7 Å². The molecule has 0 saturated carbocycles. The van der Waals surface area contributed by atoms with Crippen molar-refractivity contribution in [2.45, 2.75) is 46.0 Å². The number of carbonyl (C=O) groups excluding carboxylic acids is 1. The minimum atomic E-state index is -0.0817. The van der Waals surface area contributed by atoms with Crippen LogP contribution in [0.1, 0.15) is 44.4 Å². The second-order valence-electron chi connectivity index (χ2n) is 7.10. The van der Waals surface area contributed by atoms with Crippen LogP contribution in [0.5, 0.6) is 5.88 Å². The normalized spacial score (nSPS) is 14.2. The zero-order valence-electron chi connectivity index (χ0n) is 14.6. The van der Waals surface area contributed by atoms with Gasteiger partial charge in [-0.1, -0.05) is 20.8 Å². The van der Waals surface area contributed by atoms with Gasteiger partial charge in [-0.2, -0.15) is 0 Å². The van der Waals surface area contributed by atoms with Crippen molar-refractivity contribution in [3.63, 3.8) is 0 Å². The van der Waals surface area contributed by atoms with Gasteiger partial charge in [0.2, 0.25) is 11.8 Å². The summed E-state index contributed by atoms with van der Waals surface area (Å²) in [5, 5.41) is 0. The summed E-state index contributed by atoms with van der Waals surface area (Å²) in [7, 11) is 0. The molecule has 128 valence electrons. The first-order chi connectivity index (χ1) is 11.3. The number of fused-ring (bicyclic) bond motifs is 1. The van der Waals surface area contributed by atoms with Crippen LogP contribution in [0, 0.1) is 6.92 Å². The summed E-state index contributed by atoms with van der Waals surface area (Å²) in [5.41, 5.74) is 1.66. The monoisotopic (exact) mass is 329 g/mol. The average molecular weight is 329 g/mol. The predicted molar refractivity (Wildman–Crippen MR) is 90.3 cm³/mol. The topological polar surface area (TPSA) is 68.5 Å². The highest BCUT2D eigenvalue weighted by atomic mass is 16.5. The van der Waals surface area contributed by atoms with Gasteiger partial charge in [-0.15, -0.1) is 0 Å². The molecule has 0 N–H and O–H groups in total. The molecule has 1 aliphatic heterocycles. The Hall–Kier alpha value is -2.37. The van der Waals surface area contributed by atoms with Crippen LogP contribution in [0.2, 0.25) is 0 Å². The van der Waals surface area contributed by atoms with E-state index in [0.717, 1.165) is 17.0 Å². The summed E-state index contributed by atoms with van der Waals surface area (Å²) < 4.78 is 11.3. The molecule has 0 fully saturated rings. The molecule has 0 aromatic carbocycles. The fraction of sp³-hybridized carbons (Fsp3) is 0.500. The molecule has 0 unspecified atom stereocenters. The third kappa shape index (κ3) is 3.42. The van der Waals surface area contributed by atoms with Gasteiger partial charge in [0, 0.05) is 24.5 Å². The number of hydrogen-bond acceptors (Lipinski definition) is 5. The van der Waals surface area contributed by atoms with E-state index in [1.54, 1.807) is 17.3 Å². The van der Waals surface area contributed by atoms with Crippen LogP contribution in [-0.4, -0.2) is 29.0 Å². The number of hydrogen-bond donors (Lipinski definition) is 0. The number of aromatic nitrogens is 2. The Balaban J connectivity index is 1.68. The molecule has 0 bridgehead atoms. The number of pyridine rings is 1. The Bertz CT molecular complexity index is 746. The first-order valence-electron chi connectivity index (χ1n) is 8.19. The average Bonchev–Trinajstić information content (AvgIpc) is 3.01. The lowest BCUT2D eigenvalue weighted by Gasteiger charge is -2.28. The standard InChI is InChI=1S/C18H23N3O3/c1-12-9-13-17(20-10-12)23-8-7-21(13)16(22)6-5-15-19-11-14(24-15)18(2,3)4/h9-11H,5-8H2,1-4H3. The molecule has 1 amide bonds. The molecule has 6 heteroatoms. The Kier molecular flexibility index (Phi) is 4.30. The van der Waals surface area contributed by atoms with E-state index in [1.165, 1.54) is 0 Å². The molecule has 0 spiro atoms. The molecule has 3 heterocycles. The van der Waals surface area contributed by atoms with Crippen molar-refractivity contribution >= 4 is 11.6 Å². The minimum Gasteiger partial charge on any atom is -0.474 e. The highest BCUT2D eigenvalue weighted by Crippen LogP contribution is 2.30. The largest absolute Gasteiger partial charge is 0.474 e. The predicted octanol–water partition coefficient (Wildman–Crippen LogP) is 3.03. The van der Waals surface area contributed by atoms with E-state index in [2.05, 4.69) is 30.7 Å². The van der Waals surface area contributed by atoms with E-state index >= 15 is 0 Å². The van der Waals surface area contributed by atoms with Gasteiger partial charge in [-0.25, -0.2) is 9.97 Å². The van der Waals surface area contributed by atoms with E-state index in [0.29, 0.717) is 37.8 Å². The molecule has 24 heavy (non-hydrogen) atoms. The molecule has 6 nitrogen and oxygen atoms in total. The highest BCUT2D eigenvalue weighted by Gasteiger charge is 2.25. The Morgan fingerprint density at radius 1 is 1.29 bits per heavy atom. The number of amides is 1. The molecular weight excluding hydrogens is 306 g/mol. The maximum Gasteiger partial charge on any atom is 0.238 e. The second-order valence-corrected chi connectivity index (χ2v) is 7.10. The SMILES string of the molecule is Cc1cnc2c(c1)N(C(=O)CCc1ncc(C(C)(C)C)o1)CCO2. The van der Waals surface area contributed by atoms with Gasteiger partial charge in [0.25, 0.3) is 0 Å². The van der Waals surface area contributed by atoms with E-state index in [9.17, 15) is 4.79 Å². The van der Waals surface area contributed by atoms with Crippen molar-refractivity contribution in [1.82, 2.24) is 9.97 Å². The third-order valence-corrected chi connectivity index (χ3v) is 3.96. The first kappa shape index (κ1) is 16.5. The van der Waals surface area contributed by atoms with Crippen molar-refractivity contribution < 1.29 is 13.9 Å². The number of rotatable bonds is 3. The molecule has 2 aromatic rings. The highest BCUT2D eigenvalue weighted by molar-refractivity contribution is 5.95. The number of oxazole rings is 1. The lowest BCUT2D eigenvalue weighted by Crippen LogP contribution is -2.38. The Labute approximate surface area is 141 Å².